The van der Waals surface area contributed by atoms with Crippen LogP contribution < -0.4 is 5.32 Å². The van der Waals surface area contributed by atoms with Crippen molar-refractivity contribution in [1.82, 2.24) is 9.88 Å². The molecular weight excluding hydrogens is 541 g/mol. The summed E-state index contributed by atoms with van der Waals surface area (Å²) in [5.74, 6) is 1.23. The van der Waals surface area contributed by atoms with Crippen LogP contribution in [0.2, 0.25) is 0 Å². The van der Waals surface area contributed by atoms with Crippen LogP contribution in [0, 0.1) is 17.2 Å². The number of hydrogen-bond donors (Lipinski definition) is 1. The van der Waals surface area contributed by atoms with Gasteiger partial charge in [0.05, 0.1) is 6.61 Å². The quantitative estimate of drug-likeness (QED) is 0.214. The molecule has 3 aliphatic heterocycles. The van der Waals surface area contributed by atoms with Gasteiger partial charge in [0.15, 0.2) is 0 Å². The van der Waals surface area contributed by atoms with Gasteiger partial charge in [-0.15, -0.1) is 0 Å². The van der Waals surface area contributed by atoms with Gasteiger partial charge in [-0.3, -0.25) is 4.90 Å². The number of benzene rings is 1. The summed E-state index contributed by atoms with van der Waals surface area (Å²) in [6, 6.07) is 8.85. The molecule has 0 amide bonds. The maximum absolute atomic E-state index is 14.8. The van der Waals surface area contributed by atoms with E-state index >= 15 is 0 Å². The van der Waals surface area contributed by atoms with Crippen LogP contribution in [0.4, 0.5) is 10.2 Å². The number of carbonyl (C=O) groups is 1. The number of rotatable bonds is 11. The number of nitrogens with one attached hydrogen (secondary N) is 1. The van der Waals surface area contributed by atoms with E-state index in [0.29, 0.717) is 19.1 Å². The molecule has 2 fully saturated rings. The van der Waals surface area contributed by atoms with Gasteiger partial charge in [-0.2, -0.15) is 0 Å². The number of hydrogen-bond acceptors (Lipinski definition) is 6. The van der Waals surface area contributed by atoms with E-state index in [1.165, 1.54) is 43.0 Å². The van der Waals surface area contributed by atoms with Crippen LogP contribution in [0.1, 0.15) is 114 Å². The predicted molar refractivity (Wildman–Crippen MR) is 170 cm³/mol. The average molecular weight is 594 g/mol. The molecule has 3 aliphatic rings. The number of likely N-dealkylation sites (tertiary alicyclic amines) is 1. The first-order valence-corrected chi connectivity index (χ1v) is 16.6. The molecule has 2 aromatic rings. The van der Waals surface area contributed by atoms with E-state index in [2.05, 4.69) is 36.2 Å². The molecule has 7 heteroatoms. The van der Waals surface area contributed by atoms with Crippen molar-refractivity contribution < 1.29 is 18.7 Å². The van der Waals surface area contributed by atoms with Crippen LogP contribution in [-0.2, 0) is 27.1 Å². The van der Waals surface area contributed by atoms with Crippen molar-refractivity contribution in [2.75, 3.05) is 38.2 Å². The SMILES string of the molecule is CC(C)(C)OC(=O)C(c1cc(F)ccc1C1CCOCC1(C)C)N1CC(CCCCCCc2ccc3c(n2)NCCC3)C1. The minimum absolute atomic E-state index is 0.104. The highest BCUT2D eigenvalue weighted by molar-refractivity contribution is 5.79. The smallest absolute Gasteiger partial charge is 0.328 e. The summed E-state index contributed by atoms with van der Waals surface area (Å²) in [6.45, 7) is 14.1. The predicted octanol–water partition coefficient (Wildman–Crippen LogP) is 7.62. The molecule has 1 N–H and O–H groups in total. The topological polar surface area (TPSA) is 63.7 Å². The average Bonchev–Trinajstić information content (AvgIpc) is 2.92. The number of anilines is 1. The largest absolute Gasteiger partial charge is 0.459 e. The van der Waals surface area contributed by atoms with Gasteiger partial charge in [0.25, 0.3) is 0 Å². The summed E-state index contributed by atoms with van der Waals surface area (Å²) in [5.41, 5.74) is 3.64. The molecule has 0 radical (unpaired) electrons. The number of unbranched alkanes of at least 4 members (excludes halogenated alkanes) is 3. The van der Waals surface area contributed by atoms with Crippen LogP contribution >= 0.6 is 0 Å². The molecule has 0 spiro atoms. The zero-order chi connectivity index (χ0) is 30.6. The summed E-state index contributed by atoms with van der Waals surface area (Å²) in [7, 11) is 0. The minimum Gasteiger partial charge on any atom is -0.459 e. The van der Waals surface area contributed by atoms with Crippen LogP contribution in [0.25, 0.3) is 0 Å². The summed E-state index contributed by atoms with van der Waals surface area (Å²) in [6.07, 6.45) is 10.1. The Morgan fingerprint density at radius 3 is 2.72 bits per heavy atom. The standard InChI is InChI=1S/C36H52FN3O3/c1-35(2,3)43-34(41)32(30-21-27(37)15-17-29(30)31-18-20-42-24-36(31,4)5)40-22-25(23-40)11-8-6-7-9-13-28-16-14-26-12-10-19-38-33(26)39-28/h14-17,21,25,31-32H,6-13,18-20,22-24H2,1-5H3,(H,38,39). The fourth-order valence-corrected chi connectivity index (χ4v) is 7.14. The molecule has 2 saturated heterocycles. The number of nitrogens with zero attached hydrogens (tertiary/aromatic N) is 2. The van der Waals surface area contributed by atoms with E-state index in [9.17, 15) is 9.18 Å². The summed E-state index contributed by atoms with van der Waals surface area (Å²) < 4.78 is 26.5. The van der Waals surface area contributed by atoms with Crippen molar-refractivity contribution in [2.24, 2.45) is 11.3 Å². The lowest BCUT2D eigenvalue weighted by Crippen LogP contribution is -2.52. The third-order valence-corrected chi connectivity index (χ3v) is 9.41. The van der Waals surface area contributed by atoms with Gasteiger partial charge in [0.2, 0.25) is 0 Å². The van der Waals surface area contributed by atoms with Gasteiger partial charge in [0, 0.05) is 31.9 Å². The molecule has 2 atom stereocenters. The van der Waals surface area contributed by atoms with E-state index < -0.39 is 11.6 Å². The summed E-state index contributed by atoms with van der Waals surface area (Å²) in [5, 5.41) is 3.44. The summed E-state index contributed by atoms with van der Waals surface area (Å²) in [4.78, 5) is 20.8. The lowest BCUT2D eigenvalue weighted by molar-refractivity contribution is -0.165. The molecule has 0 bridgehead atoms. The Labute approximate surface area is 258 Å². The van der Waals surface area contributed by atoms with E-state index in [1.807, 2.05) is 26.8 Å². The zero-order valence-corrected chi connectivity index (χ0v) is 27.0. The van der Waals surface area contributed by atoms with Crippen molar-refractivity contribution in [3.8, 4) is 0 Å². The van der Waals surface area contributed by atoms with Crippen LogP contribution in [0.3, 0.4) is 0 Å². The molecule has 5 rings (SSSR count). The fraction of sp³-hybridized carbons (Fsp3) is 0.667. The number of aromatic nitrogens is 1. The lowest BCUT2D eigenvalue weighted by atomic mass is 9.70. The second kappa shape index (κ2) is 13.6. The second-order valence-electron chi connectivity index (χ2n) is 14.7. The Hall–Kier alpha value is -2.51. The minimum atomic E-state index is -0.615. The maximum Gasteiger partial charge on any atom is 0.328 e. The third kappa shape index (κ3) is 8.16. The number of fused-ring (bicyclic) bond motifs is 1. The third-order valence-electron chi connectivity index (χ3n) is 9.41. The normalized spacial score (nSPS) is 21.4. The molecule has 43 heavy (non-hydrogen) atoms. The molecule has 0 saturated carbocycles. The Morgan fingerprint density at radius 2 is 1.95 bits per heavy atom. The van der Waals surface area contributed by atoms with Gasteiger partial charge < -0.3 is 14.8 Å². The van der Waals surface area contributed by atoms with E-state index in [-0.39, 0.29) is 23.1 Å². The monoisotopic (exact) mass is 593 g/mol. The number of esters is 1. The lowest BCUT2D eigenvalue weighted by Gasteiger charge is -2.46. The fourth-order valence-electron chi connectivity index (χ4n) is 7.14. The number of carbonyl (C=O) groups excluding carboxylic acids is 1. The Morgan fingerprint density at radius 1 is 1.16 bits per heavy atom. The van der Waals surface area contributed by atoms with Crippen molar-refractivity contribution in [2.45, 2.75) is 110 Å². The van der Waals surface area contributed by atoms with Crippen LogP contribution in [0.5, 0.6) is 0 Å². The number of halogens is 1. The van der Waals surface area contributed by atoms with Crippen molar-refractivity contribution in [3.63, 3.8) is 0 Å². The van der Waals surface area contributed by atoms with Gasteiger partial charge in [-0.1, -0.05) is 45.2 Å². The Balaban J connectivity index is 1.17. The van der Waals surface area contributed by atoms with Crippen molar-refractivity contribution in [1.29, 1.82) is 0 Å². The van der Waals surface area contributed by atoms with E-state index in [0.717, 1.165) is 68.7 Å². The first-order valence-electron chi connectivity index (χ1n) is 16.6. The number of pyridine rings is 1. The first-order chi connectivity index (χ1) is 20.5. The highest BCUT2D eigenvalue weighted by atomic mass is 19.1. The van der Waals surface area contributed by atoms with Crippen molar-refractivity contribution in [3.05, 3.63) is 58.5 Å². The Bertz CT molecular complexity index is 1250. The Kier molecular flexibility index (Phi) is 10.1. The molecule has 236 valence electrons. The highest BCUT2D eigenvalue weighted by Gasteiger charge is 2.43. The molecule has 6 nitrogen and oxygen atoms in total. The summed E-state index contributed by atoms with van der Waals surface area (Å²) >= 11 is 0. The van der Waals surface area contributed by atoms with Crippen LogP contribution in [0.15, 0.2) is 30.3 Å². The highest BCUT2D eigenvalue weighted by Crippen LogP contribution is 2.45. The number of aryl methyl sites for hydroxylation is 2. The molecule has 0 aliphatic carbocycles. The van der Waals surface area contributed by atoms with Crippen molar-refractivity contribution >= 4 is 11.8 Å². The molecule has 1 aromatic carbocycles. The van der Waals surface area contributed by atoms with Gasteiger partial charge >= 0.3 is 5.97 Å². The van der Waals surface area contributed by atoms with Gasteiger partial charge in [-0.05, 0) is 111 Å². The first kappa shape index (κ1) is 31.9. The molecule has 4 heterocycles. The maximum atomic E-state index is 14.8. The second-order valence-corrected chi connectivity index (χ2v) is 14.7. The van der Waals surface area contributed by atoms with E-state index in [1.54, 1.807) is 6.07 Å². The molecule has 2 unspecified atom stereocenters. The number of ether oxygens (including phenoxy) is 2. The molecular formula is C36H52FN3O3. The van der Waals surface area contributed by atoms with Gasteiger partial charge in [0.1, 0.15) is 23.3 Å². The zero-order valence-electron chi connectivity index (χ0n) is 27.0. The molecule has 1 aromatic heterocycles. The van der Waals surface area contributed by atoms with E-state index in [4.69, 9.17) is 14.5 Å². The van der Waals surface area contributed by atoms with Crippen LogP contribution in [-0.4, -0.2) is 54.3 Å². The van der Waals surface area contributed by atoms with Gasteiger partial charge in [-0.25, -0.2) is 14.2 Å².